The van der Waals surface area contributed by atoms with Crippen molar-refractivity contribution in [3.63, 3.8) is 0 Å². The van der Waals surface area contributed by atoms with Crippen molar-refractivity contribution in [1.29, 1.82) is 0 Å². The molecule has 3 unspecified atom stereocenters. The minimum absolute atomic E-state index is 0.0101. The fourth-order valence-electron chi connectivity index (χ4n) is 6.34. The highest BCUT2D eigenvalue weighted by Gasteiger charge is 2.39. The van der Waals surface area contributed by atoms with Gasteiger partial charge in [0.1, 0.15) is 0 Å². The number of hydrogen-bond donors (Lipinski definition) is 2. The lowest BCUT2D eigenvalue weighted by atomic mass is 9.89. The predicted octanol–water partition coefficient (Wildman–Crippen LogP) is 5.90. The molecule has 3 atom stereocenters. The molecule has 41 heavy (non-hydrogen) atoms. The molecule has 0 spiro atoms. The lowest BCUT2D eigenvalue weighted by molar-refractivity contribution is 0.0269. The molecule has 2 heterocycles. The fourth-order valence-corrected chi connectivity index (χ4v) is 6.34. The maximum atomic E-state index is 13.0. The zero-order chi connectivity index (χ0) is 28.6. The molecule has 2 N–H and O–H groups in total. The van der Waals surface area contributed by atoms with E-state index < -0.39 is 6.09 Å². The van der Waals surface area contributed by atoms with Gasteiger partial charge in [-0.1, -0.05) is 79.7 Å². The molecular weight excluding hydrogens is 516 g/mol. The van der Waals surface area contributed by atoms with Gasteiger partial charge < -0.3 is 19.7 Å². The third-order valence-corrected chi connectivity index (χ3v) is 8.26. The van der Waals surface area contributed by atoms with Gasteiger partial charge in [0.05, 0.1) is 23.7 Å². The second-order valence-corrected chi connectivity index (χ2v) is 10.9. The zero-order valence-electron chi connectivity index (χ0n) is 23.7. The summed E-state index contributed by atoms with van der Waals surface area (Å²) in [6.45, 7) is 5.23. The molecule has 0 saturated carbocycles. The Kier molecular flexibility index (Phi) is 9.54. The monoisotopic (exact) mass is 556 g/mol. The lowest BCUT2D eigenvalue weighted by Crippen LogP contribution is -2.57. The topological polar surface area (TPSA) is 90.8 Å². The summed E-state index contributed by atoms with van der Waals surface area (Å²) in [5, 5.41) is 10.2. The van der Waals surface area contributed by atoms with Gasteiger partial charge in [-0.05, 0) is 48.9 Å². The normalized spacial score (nSPS) is 18.1. The number of carboxylic acid groups (broad SMARTS) is 1. The lowest BCUT2D eigenvalue weighted by Gasteiger charge is -2.46. The Bertz CT molecular complexity index is 1450. The molecule has 1 aromatic heterocycles. The van der Waals surface area contributed by atoms with Crippen LogP contribution in [0.3, 0.4) is 0 Å². The number of ether oxygens (including phenoxy) is 1. The van der Waals surface area contributed by atoms with Crippen molar-refractivity contribution in [3.8, 4) is 0 Å². The highest BCUT2D eigenvalue weighted by molar-refractivity contribution is 5.75. The largest absolute Gasteiger partial charge is 0.465 e. The molecule has 0 bridgehead atoms. The van der Waals surface area contributed by atoms with Gasteiger partial charge in [0.2, 0.25) is 0 Å². The molecule has 8 nitrogen and oxygen atoms in total. The van der Waals surface area contributed by atoms with Gasteiger partial charge in [-0.15, -0.1) is 0 Å². The van der Waals surface area contributed by atoms with E-state index >= 15 is 0 Å². The van der Waals surface area contributed by atoms with E-state index in [1.807, 2.05) is 65.2 Å². The van der Waals surface area contributed by atoms with Crippen molar-refractivity contribution in [2.45, 2.75) is 63.9 Å². The molecular formula is C33H40N4O4. The number of para-hydroxylation sites is 2. The van der Waals surface area contributed by atoms with Crippen molar-refractivity contribution in [2.75, 3.05) is 19.7 Å². The standard InChI is InChI=1S/C33H40N4O4/c1-2-29(35(23-25-12-5-3-6-13-25)19-11-21-41-24-26-14-7-4-8-15-26)31-22-27(18-20-36(31)33(39)40)37-30-17-10-9-16-28(30)34-32(37)38/h3-10,12-17,27,29,31H,2,11,18-24H2,1H3,(H,34,38)(H,39,40). The highest BCUT2D eigenvalue weighted by Crippen LogP contribution is 2.33. The van der Waals surface area contributed by atoms with Crippen molar-refractivity contribution in [1.82, 2.24) is 19.4 Å². The molecule has 216 valence electrons. The van der Waals surface area contributed by atoms with Crippen LogP contribution in [-0.4, -0.2) is 62.3 Å². The fraction of sp³-hybridized carbons (Fsp3) is 0.394. The van der Waals surface area contributed by atoms with Crippen molar-refractivity contribution in [3.05, 3.63) is 107 Å². The number of piperidine rings is 1. The van der Waals surface area contributed by atoms with E-state index in [9.17, 15) is 14.7 Å². The van der Waals surface area contributed by atoms with Crippen LogP contribution in [-0.2, 0) is 17.9 Å². The zero-order valence-corrected chi connectivity index (χ0v) is 23.7. The minimum Gasteiger partial charge on any atom is -0.465 e. The second-order valence-electron chi connectivity index (χ2n) is 10.9. The SMILES string of the molecule is CCC(C1CC(n2c(=O)[nH]c3ccccc32)CCN1C(=O)O)N(CCCOCc1ccccc1)Cc1ccccc1. The Labute approximate surface area is 241 Å². The van der Waals surface area contributed by atoms with Crippen LogP contribution in [0.15, 0.2) is 89.7 Å². The number of aromatic amines is 1. The van der Waals surface area contributed by atoms with E-state index in [-0.39, 0.29) is 23.8 Å². The summed E-state index contributed by atoms with van der Waals surface area (Å²) in [5.41, 5.74) is 3.89. The van der Waals surface area contributed by atoms with Gasteiger partial charge in [0.15, 0.2) is 0 Å². The molecule has 1 aliphatic rings. The number of imidazole rings is 1. The number of nitrogens with zero attached hydrogens (tertiary/aromatic N) is 3. The van der Waals surface area contributed by atoms with Crippen LogP contribution < -0.4 is 5.69 Å². The number of likely N-dealkylation sites (tertiary alicyclic amines) is 1. The van der Waals surface area contributed by atoms with Crippen LogP contribution in [0.2, 0.25) is 0 Å². The molecule has 8 heteroatoms. The van der Waals surface area contributed by atoms with Gasteiger partial charge >= 0.3 is 11.8 Å². The van der Waals surface area contributed by atoms with Gasteiger partial charge in [-0.2, -0.15) is 0 Å². The summed E-state index contributed by atoms with van der Waals surface area (Å²) in [5.74, 6) is 0. The summed E-state index contributed by atoms with van der Waals surface area (Å²) >= 11 is 0. The highest BCUT2D eigenvalue weighted by atomic mass is 16.5. The van der Waals surface area contributed by atoms with Crippen LogP contribution in [0.5, 0.6) is 0 Å². The Morgan fingerprint density at radius 2 is 1.71 bits per heavy atom. The molecule has 5 rings (SSSR count). The van der Waals surface area contributed by atoms with E-state index in [1.54, 1.807) is 4.90 Å². The number of nitrogens with one attached hydrogen (secondary N) is 1. The molecule has 0 aliphatic carbocycles. The molecule has 4 aromatic rings. The first-order chi connectivity index (χ1) is 20.0. The third-order valence-electron chi connectivity index (χ3n) is 8.26. The first-order valence-electron chi connectivity index (χ1n) is 14.6. The molecule has 1 amide bonds. The summed E-state index contributed by atoms with van der Waals surface area (Å²) in [7, 11) is 0. The Hall–Kier alpha value is -3.88. The number of rotatable bonds is 12. The number of benzene rings is 3. The number of amides is 1. The van der Waals surface area contributed by atoms with Gasteiger partial charge in [-0.25, -0.2) is 9.59 Å². The van der Waals surface area contributed by atoms with Crippen LogP contribution in [0, 0.1) is 0 Å². The molecule has 3 aromatic carbocycles. The summed E-state index contributed by atoms with van der Waals surface area (Å²) in [4.78, 5) is 32.5. The van der Waals surface area contributed by atoms with E-state index in [4.69, 9.17) is 4.74 Å². The van der Waals surface area contributed by atoms with Crippen molar-refractivity contribution in [2.24, 2.45) is 0 Å². The minimum atomic E-state index is -0.899. The Morgan fingerprint density at radius 3 is 2.41 bits per heavy atom. The summed E-state index contributed by atoms with van der Waals surface area (Å²) < 4.78 is 7.83. The summed E-state index contributed by atoms with van der Waals surface area (Å²) in [6.07, 6.45) is 1.92. The average molecular weight is 557 g/mol. The Balaban J connectivity index is 1.36. The first kappa shape index (κ1) is 28.6. The molecule has 1 aliphatic heterocycles. The van der Waals surface area contributed by atoms with Crippen LogP contribution >= 0.6 is 0 Å². The second kappa shape index (κ2) is 13.7. The van der Waals surface area contributed by atoms with Crippen molar-refractivity contribution < 1.29 is 14.6 Å². The Morgan fingerprint density at radius 1 is 1.02 bits per heavy atom. The van der Waals surface area contributed by atoms with Gasteiger partial charge in [0, 0.05) is 38.3 Å². The number of hydrogen-bond acceptors (Lipinski definition) is 4. The summed E-state index contributed by atoms with van der Waals surface area (Å²) in [6, 6.07) is 27.9. The number of H-pyrrole nitrogens is 1. The third kappa shape index (κ3) is 6.89. The van der Waals surface area contributed by atoms with Gasteiger partial charge in [0.25, 0.3) is 0 Å². The van der Waals surface area contributed by atoms with E-state index in [0.29, 0.717) is 32.6 Å². The number of carbonyl (C=O) groups is 1. The molecule has 0 radical (unpaired) electrons. The van der Waals surface area contributed by atoms with E-state index in [0.717, 1.165) is 42.5 Å². The smallest absolute Gasteiger partial charge is 0.407 e. The number of aromatic nitrogens is 2. The van der Waals surface area contributed by atoms with Crippen LogP contribution in [0.1, 0.15) is 49.8 Å². The predicted molar refractivity (Wildman–Crippen MR) is 161 cm³/mol. The first-order valence-corrected chi connectivity index (χ1v) is 14.6. The molecule has 1 saturated heterocycles. The van der Waals surface area contributed by atoms with E-state index in [2.05, 4.69) is 41.1 Å². The quantitative estimate of drug-likeness (QED) is 0.212. The van der Waals surface area contributed by atoms with Crippen LogP contribution in [0.4, 0.5) is 4.79 Å². The van der Waals surface area contributed by atoms with Gasteiger partial charge in [-0.3, -0.25) is 9.47 Å². The average Bonchev–Trinajstić information content (AvgIpc) is 3.33. The van der Waals surface area contributed by atoms with Crippen LogP contribution in [0.25, 0.3) is 11.0 Å². The van der Waals surface area contributed by atoms with E-state index in [1.165, 1.54) is 5.56 Å². The number of fused-ring (bicyclic) bond motifs is 1. The van der Waals surface area contributed by atoms with Crippen molar-refractivity contribution >= 4 is 17.1 Å². The maximum Gasteiger partial charge on any atom is 0.407 e. The molecule has 1 fully saturated rings. The maximum absolute atomic E-state index is 13.0.